The van der Waals surface area contributed by atoms with Gasteiger partial charge in [-0.25, -0.2) is 9.69 Å². The lowest BCUT2D eigenvalue weighted by atomic mass is 10.2. The summed E-state index contributed by atoms with van der Waals surface area (Å²) in [6, 6.07) is 5.39. The van der Waals surface area contributed by atoms with Crippen LogP contribution in [0.3, 0.4) is 0 Å². The molecule has 1 aromatic rings. The van der Waals surface area contributed by atoms with Gasteiger partial charge < -0.3 is 4.90 Å². The van der Waals surface area contributed by atoms with Gasteiger partial charge in [0.1, 0.15) is 0 Å². The minimum Gasteiger partial charge on any atom is -0.320 e. The Labute approximate surface area is 114 Å². The van der Waals surface area contributed by atoms with Crippen LogP contribution in [-0.4, -0.2) is 34.3 Å². The van der Waals surface area contributed by atoms with E-state index < -0.39 is 4.92 Å². The van der Waals surface area contributed by atoms with Crippen molar-refractivity contribution >= 4 is 23.3 Å². The molecule has 0 N–H and O–H groups in total. The summed E-state index contributed by atoms with van der Waals surface area (Å²) in [5, 5.41) is 10.6. The van der Waals surface area contributed by atoms with E-state index in [1.807, 2.05) is 0 Å². The number of anilines is 1. The van der Waals surface area contributed by atoms with Gasteiger partial charge in [-0.3, -0.25) is 14.9 Å². The normalized spacial score (nSPS) is 19.4. The first kappa shape index (κ1) is 12.6. The molecule has 2 aliphatic rings. The second-order valence-electron chi connectivity index (χ2n) is 4.96. The Balaban J connectivity index is 1.87. The predicted octanol–water partition coefficient (Wildman–Crippen LogP) is 1.92. The van der Waals surface area contributed by atoms with Crippen LogP contribution in [0.15, 0.2) is 24.3 Å². The Morgan fingerprint density at radius 2 is 1.80 bits per heavy atom. The average molecular weight is 275 g/mol. The van der Waals surface area contributed by atoms with Crippen molar-refractivity contribution in [1.29, 1.82) is 0 Å². The van der Waals surface area contributed by atoms with E-state index in [9.17, 15) is 19.7 Å². The molecule has 1 saturated carbocycles. The van der Waals surface area contributed by atoms with Gasteiger partial charge in [0.05, 0.1) is 10.6 Å². The zero-order valence-corrected chi connectivity index (χ0v) is 10.7. The van der Waals surface area contributed by atoms with Crippen LogP contribution in [0, 0.1) is 10.1 Å². The van der Waals surface area contributed by atoms with Crippen molar-refractivity contribution in [2.45, 2.75) is 25.3 Å². The first-order valence-electron chi connectivity index (χ1n) is 6.46. The molecule has 1 aromatic carbocycles. The Morgan fingerprint density at radius 3 is 2.35 bits per heavy atom. The summed E-state index contributed by atoms with van der Waals surface area (Å²) in [6.45, 7) is 0.464. The molecule has 1 saturated heterocycles. The van der Waals surface area contributed by atoms with E-state index in [0.29, 0.717) is 18.7 Å². The topological polar surface area (TPSA) is 83.8 Å². The molecule has 2 fully saturated rings. The number of hydrogen-bond acceptors (Lipinski definition) is 4. The summed E-state index contributed by atoms with van der Waals surface area (Å²) in [5.74, 6) is -0.263. The summed E-state index contributed by atoms with van der Waals surface area (Å²) in [6.07, 6.45) is 2.25. The third-order valence-electron chi connectivity index (χ3n) is 3.56. The summed E-state index contributed by atoms with van der Waals surface area (Å²) in [5.41, 5.74) is 0.320. The smallest absolute Gasteiger partial charge is 0.320 e. The molecule has 0 atom stereocenters. The number of rotatable bonds is 3. The molecular weight excluding hydrogens is 262 g/mol. The van der Waals surface area contributed by atoms with Crippen molar-refractivity contribution in [2.75, 3.05) is 11.4 Å². The van der Waals surface area contributed by atoms with Gasteiger partial charge in [-0.2, -0.15) is 0 Å². The second-order valence-corrected chi connectivity index (χ2v) is 4.96. The number of imide groups is 1. The second kappa shape index (κ2) is 4.59. The largest absolute Gasteiger partial charge is 0.331 e. The minimum absolute atomic E-state index is 0.0651. The molecule has 20 heavy (non-hydrogen) atoms. The van der Waals surface area contributed by atoms with Crippen LogP contribution in [0.4, 0.5) is 16.2 Å². The maximum Gasteiger partial charge on any atom is 0.331 e. The van der Waals surface area contributed by atoms with E-state index in [4.69, 9.17) is 0 Å². The van der Waals surface area contributed by atoms with Crippen molar-refractivity contribution in [3.63, 3.8) is 0 Å². The number of benzene rings is 1. The molecule has 0 aromatic heterocycles. The molecule has 3 amide bonds. The van der Waals surface area contributed by atoms with Gasteiger partial charge in [0.25, 0.3) is 5.69 Å². The van der Waals surface area contributed by atoms with Crippen molar-refractivity contribution in [2.24, 2.45) is 0 Å². The Kier molecular flexibility index (Phi) is 2.89. The molecule has 1 aliphatic heterocycles. The Morgan fingerprint density at radius 1 is 1.15 bits per heavy atom. The standard InChI is InChI=1S/C13H13N3O4/c17-12-7-8-14(9-1-2-9)13(18)15(12)10-3-5-11(6-4-10)16(19)20/h3-6,9H,1-2,7-8H2. The summed E-state index contributed by atoms with van der Waals surface area (Å²) < 4.78 is 0. The predicted molar refractivity (Wildman–Crippen MR) is 70.3 cm³/mol. The monoisotopic (exact) mass is 275 g/mol. The van der Waals surface area contributed by atoms with E-state index in [-0.39, 0.29) is 23.7 Å². The maximum atomic E-state index is 12.3. The van der Waals surface area contributed by atoms with Gasteiger partial charge in [0, 0.05) is 31.1 Å². The lowest BCUT2D eigenvalue weighted by Gasteiger charge is -2.34. The fourth-order valence-corrected chi connectivity index (χ4v) is 2.36. The third kappa shape index (κ3) is 2.11. The van der Waals surface area contributed by atoms with Crippen LogP contribution in [0.25, 0.3) is 0 Å². The van der Waals surface area contributed by atoms with Crippen LogP contribution in [0.2, 0.25) is 0 Å². The minimum atomic E-state index is -0.514. The lowest BCUT2D eigenvalue weighted by Crippen LogP contribution is -2.53. The van der Waals surface area contributed by atoms with Gasteiger partial charge in [-0.05, 0) is 25.0 Å². The fraction of sp³-hybridized carbons (Fsp3) is 0.385. The summed E-state index contributed by atoms with van der Waals surface area (Å²) in [7, 11) is 0. The summed E-state index contributed by atoms with van der Waals surface area (Å²) in [4.78, 5) is 37.2. The van der Waals surface area contributed by atoms with Crippen molar-refractivity contribution in [3.8, 4) is 0 Å². The molecule has 0 radical (unpaired) electrons. The maximum absolute atomic E-state index is 12.3. The zero-order valence-electron chi connectivity index (χ0n) is 10.7. The van der Waals surface area contributed by atoms with Crippen LogP contribution in [0.1, 0.15) is 19.3 Å². The highest BCUT2D eigenvalue weighted by Crippen LogP contribution is 2.32. The molecule has 0 bridgehead atoms. The number of carbonyl (C=O) groups excluding carboxylic acids is 2. The van der Waals surface area contributed by atoms with Gasteiger partial charge in [-0.15, -0.1) is 0 Å². The number of non-ortho nitro benzene ring substituents is 1. The Hall–Kier alpha value is -2.44. The third-order valence-corrected chi connectivity index (χ3v) is 3.56. The molecule has 3 rings (SSSR count). The highest BCUT2D eigenvalue weighted by atomic mass is 16.6. The van der Waals surface area contributed by atoms with Crippen molar-refractivity contribution in [1.82, 2.24) is 4.90 Å². The summed E-state index contributed by atoms with van der Waals surface area (Å²) >= 11 is 0. The van der Waals surface area contributed by atoms with Gasteiger partial charge in [0.2, 0.25) is 5.91 Å². The van der Waals surface area contributed by atoms with Crippen molar-refractivity contribution < 1.29 is 14.5 Å². The molecule has 1 heterocycles. The van der Waals surface area contributed by atoms with Gasteiger partial charge >= 0.3 is 6.03 Å². The SMILES string of the molecule is O=C1CCN(C2CC2)C(=O)N1c1ccc([N+](=O)[O-])cc1. The fourth-order valence-electron chi connectivity index (χ4n) is 2.36. The van der Waals surface area contributed by atoms with Gasteiger partial charge in [0.15, 0.2) is 0 Å². The van der Waals surface area contributed by atoms with Crippen LogP contribution in [-0.2, 0) is 4.79 Å². The number of nitrogens with zero attached hydrogens (tertiary/aromatic N) is 3. The molecule has 0 unspecified atom stereocenters. The first-order chi connectivity index (χ1) is 9.58. The van der Waals surface area contributed by atoms with E-state index in [1.54, 1.807) is 4.90 Å². The first-order valence-corrected chi connectivity index (χ1v) is 6.46. The number of nitro benzene ring substituents is 1. The quantitative estimate of drug-likeness (QED) is 0.623. The number of carbonyl (C=O) groups is 2. The van der Waals surface area contributed by atoms with Crippen molar-refractivity contribution in [3.05, 3.63) is 34.4 Å². The highest BCUT2D eigenvalue weighted by Gasteiger charge is 2.40. The van der Waals surface area contributed by atoms with Crippen LogP contribution in [0.5, 0.6) is 0 Å². The molecule has 1 aliphatic carbocycles. The van der Waals surface area contributed by atoms with E-state index in [0.717, 1.165) is 17.7 Å². The molecule has 7 nitrogen and oxygen atoms in total. The van der Waals surface area contributed by atoms with E-state index in [2.05, 4.69) is 0 Å². The molecule has 104 valence electrons. The number of urea groups is 1. The highest BCUT2D eigenvalue weighted by molar-refractivity contribution is 6.15. The lowest BCUT2D eigenvalue weighted by molar-refractivity contribution is -0.384. The molecular formula is C13H13N3O4. The molecule has 0 spiro atoms. The van der Waals surface area contributed by atoms with E-state index in [1.165, 1.54) is 24.3 Å². The van der Waals surface area contributed by atoms with Gasteiger partial charge in [-0.1, -0.05) is 0 Å². The number of hydrogen-bond donors (Lipinski definition) is 0. The zero-order chi connectivity index (χ0) is 14.3. The average Bonchev–Trinajstić information content (AvgIpc) is 3.24. The molecule has 7 heteroatoms. The Bertz CT molecular complexity index is 580. The number of amides is 3. The number of nitro groups is 1. The van der Waals surface area contributed by atoms with Crippen LogP contribution >= 0.6 is 0 Å². The van der Waals surface area contributed by atoms with Crippen LogP contribution < -0.4 is 4.90 Å². The van der Waals surface area contributed by atoms with E-state index >= 15 is 0 Å².